The lowest BCUT2D eigenvalue weighted by Crippen LogP contribution is -2.60. The van der Waals surface area contributed by atoms with Crippen LogP contribution < -0.4 is 42.1 Å². The van der Waals surface area contributed by atoms with Crippen molar-refractivity contribution in [3.05, 3.63) is 125 Å². The Kier molecular flexibility index (Phi) is 25.0. The predicted molar refractivity (Wildman–Crippen MR) is 365 cm³/mol. The van der Waals surface area contributed by atoms with Crippen molar-refractivity contribution < 1.29 is 53.6 Å². The number of aliphatic hydroxyl groups excluding tert-OH is 2. The molecule has 28 nitrogen and oxygen atoms in total. The number of rotatable bonds is 13. The second-order valence-corrected chi connectivity index (χ2v) is 27.4. The largest absolute Gasteiger partial charge is 0.480 e. The number of nitrogens with zero attached hydrogens (tertiary/aromatic N) is 9. The summed E-state index contributed by atoms with van der Waals surface area (Å²) in [6, 6.07) is 20.0. The van der Waals surface area contributed by atoms with Gasteiger partial charge >= 0.3 is 24.1 Å². The summed E-state index contributed by atoms with van der Waals surface area (Å²) >= 11 is 31.1. The van der Waals surface area contributed by atoms with Gasteiger partial charge in [0.25, 0.3) is 9.03 Å². The Balaban J connectivity index is 0.000000164. The summed E-state index contributed by atoms with van der Waals surface area (Å²) in [5.74, 6) is 0.716. The molecule has 3 amide bonds. The number of cyclic esters (lactones) is 2. The highest BCUT2D eigenvalue weighted by Crippen LogP contribution is 2.35. The number of H-pyrrole nitrogens is 3. The predicted octanol–water partition coefficient (Wildman–Crippen LogP) is 8.46. The van der Waals surface area contributed by atoms with E-state index in [-0.39, 0.29) is 44.0 Å². The zero-order valence-electron chi connectivity index (χ0n) is 52.3. The zero-order chi connectivity index (χ0) is 69.6. The van der Waals surface area contributed by atoms with E-state index < -0.39 is 55.4 Å². The number of esters is 1. The first kappa shape index (κ1) is 73.9. The minimum absolute atomic E-state index is 0.0424. The van der Waals surface area contributed by atoms with Gasteiger partial charge in [0.05, 0.1) is 27.7 Å². The monoisotopic (exact) mass is 1440 g/mol. The number of carbonyl (C=O) groups excluding carboxylic acids is 5. The van der Waals surface area contributed by atoms with Crippen molar-refractivity contribution >= 4 is 155 Å². The first-order valence-electron chi connectivity index (χ1n) is 30.3. The fourth-order valence-corrected chi connectivity index (χ4v) is 11.3. The molecule has 0 bridgehead atoms. The summed E-state index contributed by atoms with van der Waals surface area (Å²) in [5, 5.41) is 39.2. The highest BCUT2D eigenvalue weighted by atomic mass is 35.6. The van der Waals surface area contributed by atoms with Crippen LogP contribution in [0.25, 0.3) is 33.1 Å². The first-order valence-corrected chi connectivity index (χ1v) is 32.6. The highest BCUT2D eigenvalue weighted by Gasteiger charge is 2.51. The van der Waals surface area contributed by atoms with E-state index in [1.165, 1.54) is 19.0 Å². The maximum atomic E-state index is 13.1. The minimum Gasteiger partial charge on any atom is -0.480 e. The number of nitrogens with one attached hydrogen (secondary N) is 6. The summed E-state index contributed by atoms with van der Waals surface area (Å²) < 4.78 is 7.88. The standard InChI is InChI=1S/C21H25ClN6O2.C17H23N5O4.C13H13N5O3.C9H12ClNO.C2Cl4O/c22-15-3-1-14(2-4-15)17(6-12-29)27-20(30)21(23)7-10-28(11-8-21)19-16-5-9-24-18(16)25-13-26-19;1-16(2,3)26-15(25)21-17(14(23)24)5-8-22(9-6-17)13-11-4-7-18-12(11)19-10-20-13;19-11-13(17-12(20)21-11)2-5-18(6-3-13)10-8-1-4-14-9(8)15-7-16-10;10-8-3-1-7(2-4-8)9(11)5-6-12;3-1(7)2(4,5)6/h1-5,9,13,17,29H,6-8,10-12,23H2,(H,27,30)(H,24,25,26);4,7,10H,5-6,8-9H2,1-3H3,(H,21,25)(H,23,24)(H,18,19,20);1,4,7H,2-3,5-6H2,(H,17,20)(H,14,15,16);1-4,9,12H,5-6,11H2;/t17-;;;9-;/m0..0./s1. The molecule has 0 saturated carbocycles. The number of carbonyl (C=O) groups is 6. The number of alkyl halides is 3. The number of aliphatic carboxylic acids is 1. The maximum absolute atomic E-state index is 13.1. The molecule has 4 saturated heterocycles. The molecule has 0 radical (unpaired) electrons. The number of nitrogens with two attached hydrogens (primary N) is 2. The number of aromatic nitrogens is 9. The van der Waals surface area contributed by atoms with E-state index in [2.05, 4.69) is 75.3 Å². The SMILES string of the molecule is CC(C)(C)OC(=O)NC1(C(=O)O)CCN(c2ncnc3[nH]ccc23)CC1.NC1(C(=O)N[C@@H](CCO)c2ccc(Cl)cc2)CCN(c2ncnc3[nH]ccc23)CC1.N[C@@H](CCO)c1ccc(Cl)cc1.O=C(Cl)C(Cl)(Cl)Cl.O=C1NC2(CCN(c3ncnc4[nH]ccc34)CC2)C(=O)O1. The number of hydrogen-bond donors (Lipinski definition) is 11. The molecule has 0 unspecified atom stereocenters. The van der Waals surface area contributed by atoms with Gasteiger partial charge in [-0.25, -0.2) is 49.1 Å². The molecule has 2 atom stereocenters. The molecule has 8 aromatic rings. The number of anilines is 3. The van der Waals surface area contributed by atoms with Crippen LogP contribution in [0.15, 0.2) is 104 Å². The lowest BCUT2D eigenvalue weighted by atomic mass is 9.87. The van der Waals surface area contributed by atoms with Crippen LogP contribution in [0.1, 0.15) is 95.3 Å². The van der Waals surface area contributed by atoms with Gasteiger partial charge in [-0.2, -0.15) is 0 Å². The first-order chi connectivity index (χ1) is 45.6. The lowest BCUT2D eigenvalue weighted by Gasteiger charge is -2.40. The van der Waals surface area contributed by atoms with Gasteiger partial charge in [-0.1, -0.05) is 82.3 Å². The molecule has 4 fully saturated rings. The van der Waals surface area contributed by atoms with E-state index in [1.807, 2.05) is 59.8 Å². The van der Waals surface area contributed by atoms with Crippen molar-refractivity contribution in [2.45, 2.75) is 110 Å². The second kappa shape index (κ2) is 32.4. The van der Waals surface area contributed by atoms with Gasteiger partial charge in [-0.15, -0.1) is 0 Å². The van der Waals surface area contributed by atoms with Gasteiger partial charge in [-0.05, 0) is 137 Å². The van der Waals surface area contributed by atoms with Crippen LogP contribution in [0, 0.1) is 0 Å². The quantitative estimate of drug-likeness (QED) is 0.0223. The van der Waals surface area contributed by atoms with Crippen LogP contribution in [-0.2, 0) is 28.7 Å². The van der Waals surface area contributed by atoms with E-state index in [9.17, 15) is 39.0 Å². The number of hydrogen-bond acceptors (Lipinski definition) is 21. The summed E-state index contributed by atoms with van der Waals surface area (Å²) in [5.41, 5.74) is 12.6. The number of carboxylic acid groups (broad SMARTS) is 1. The molecule has 4 aliphatic heterocycles. The van der Waals surface area contributed by atoms with E-state index in [0.29, 0.717) is 87.8 Å². The fourth-order valence-electron chi connectivity index (χ4n) is 11.0. The number of alkyl carbamates (subject to hydrolysis) is 2. The summed E-state index contributed by atoms with van der Waals surface area (Å²) in [6.07, 6.45) is 12.1. The fraction of sp³-hybridized carbons (Fsp3) is 0.419. The van der Waals surface area contributed by atoms with Crippen molar-refractivity contribution in [2.24, 2.45) is 11.5 Å². The van der Waals surface area contributed by atoms with Crippen LogP contribution in [-0.4, -0.2) is 174 Å². The third kappa shape index (κ3) is 19.0. The second-order valence-electron chi connectivity index (χ2n) is 23.9. The number of amides is 3. The third-order valence-corrected chi connectivity index (χ3v) is 17.9. The molecule has 4 aliphatic rings. The minimum atomic E-state index is -1.96. The average Bonchev–Trinajstić information content (AvgIpc) is 1.63. The highest BCUT2D eigenvalue weighted by molar-refractivity contribution is 6.88. The van der Waals surface area contributed by atoms with Gasteiger partial charge in [0.1, 0.15) is 70.1 Å². The number of fused-ring (bicyclic) bond motifs is 3. The number of ether oxygens (including phenoxy) is 2. The van der Waals surface area contributed by atoms with Crippen molar-refractivity contribution in [3.8, 4) is 0 Å². The Morgan fingerprint density at radius 2 is 1.05 bits per heavy atom. The Morgan fingerprint density at radius 1 is 0.646 bits per heavy atom. The Labute approximate surface area is 580 Å². The van der Waals surface area contributed by atoms with Crippen molar-refractivity contribution in [1.29, 1.82) is 0 Å². The molecular formula is C62H73Cl6N17O11. The number of piperidine rings is 3. The molecule has 0 aliphatic carbocycles. The molecule has 12 rings (SSSR count). The number of carboxylic acids is 1. The van der Waals surface area contributed by atoms with Gasteiger partial charge in [0.2, 0.25) is 5.91 Å². The van der Waals surface area contributed by atoms with Gasteiger partial charge in [-0.3, -0.25) is 9.59 Å². The molecule has 1 spiro atoms. The molecule has 10 heterocycles. The van der Waals surface area contributed by atoms with Gasteiger partial charge < -0.3 is 81.9 Å². The van der Waals surface area contributed by atoms with Gasteiger partial charge in [0, 0.05) is 87.2 Å². The van der Waals surface area contributed by atoms with E-state index >= 15 is 0 Å². The Morgan fingerprint density at radius 3 is 1.43 bits per heavy atom. The number of aliphatic hydroxyl groups is 2. The number of benzene rings is 2. The molecule has 2 aromatic carbocycles. The van der Waals surface area contributed by atoms with E-state index in [0.717, 1.165) is 61.7 Å². The number of aromatic amines is 3. The molecule has 514 valence electrons. The van der Waals surface area contributed by atoms with Crippen molar-refractivity contribution in [3.63, 3.8) is 0 Å². The summed E-state index contributed by atoms with van der Waals surface area (Å²) in [6.45, 7) is 8.64. The topological polar surface area (TPSA) is 404 Å². The zero-order valence-corrected chi connectivity index (χ0v) is 56.9. The molecule has 34 heteroatoms. The number of halogens is 6. The van der Waals surface area contributed by atoms with Crippen molar-refractivity contribution in [1.82, 2.24) is 60.8 Å². The Hall–Kier alpha value is -7.90. The van der Waals surface area contributed by atoms with Crippen LogP contribution >= 0.6 is 69.6 Å². The molecule has 13 N–H and O–H groups in total. The Bertz CT molecular complexity index is 3960. The van der Waals surface area contributed by atoms with Crippen LogP contribution in [0.2, 0.25) is 10.0 Å². The molecule has 6 aromatic heterocycles. The third-order valence-electron chi connectivity index (χ3n) is 16.3. The van der Waals surface area contributed by atoms with Crippen molar-refractivity contribution in [2.75, 3.05) is 67.2 Å². The van der Waals surface area contributed by atoms with Crippen LogP contribution in [0.4, 0.5) is 27.0 Å². The van der Waals surface area contributed by atoms with E-state index in [4.69, 9.17) is 90.9 Å². The molecule has 96 heavy (non-hydrogen) atoms. The normalized spacial score (nSPS) is 17.0. The van der Waals surface area contributed by atoms with Crippen LogP contribution in [0.5, 0.6) is 0 Å². The van der Waals surface area contributed by atoms with E-state index in [1.54, 1.807) is 51.2 Å². The maximum Gasteiger partial charge on any atom is 0.415 e. The van der Waals surface area contributed by atoms with Gasteiger partial charge in [0.15, 0.2) is 0 Å². The molecular weight excluding hydrogens is 1370 g/mol. The summed E-state index contributed by atoms with van der Waals surface area (Å²) in [4.78, 5) is 111. The smallest absolute Gasteiger partial charge is 0.415 e. The summed E-state index contributed by atoms with van der Waals surface area (Å²) in [7, 11) is 0. The average molecular weight is 1450 g/mol. The lowest BCUT2D eigenvalue weighted by molar-refractivity contribution is -0.146. The van der Waals surface area contributed by atoms with Crippen LogP contribution in [0.3, 0.4) is 0 Å².